The molecule has 2 aliphatic rings. The summed E-state index contributed by atoms with van der Waals surface area (Å²) < 4.78 is 12.8. The lowest BCUT2D eigenvalue weighted by molar-refractivity contribution is 0.00790. The highest BCUT2D eigenvalue weighted by atomic mass is 16.5. The van der Waals surface area contributed by atoms with E-state index in [9.17, 15) is 0 Å². The highest BCUT2D eigenvalue weighted by Gasteiger charge is 2.27. The van der Waals surface area contributed by atoms with Gasteiger partial charge in [0.25, 0.3) is 0 Å². The average Bonchev–Trinajstić information content (AvgIpc) is 3.32. The third-order valence-electron chi connectivity index (χ3n) is 7.11. The van der Waals surface area contributed by atoms with Crippen molar-refractivity contribution in [2.24, 2.45) is 0 Å². The maximum atomic E-state index is 5.50. The van der Waals surface area contributed by atoms with Gasteiger partial charge in [0.1, 0.15) is 6.33 Å². The van der Waals surface area contributed by atoms with Crippen LogP contribution >= 0.6 is 0 Å². The molecule has 9 heteroatoms. The second-order valence-corrected chi connectivity index (χ2v) is 9.05. The molecule has 4 heterocycles. The Morgan fingerprint density at radius 3 is 2.71 bits per heavy atom. The summed E-state index contributed by atoms with van der Waals surface area (Å²) in [7, 11) is 1.62. The van der Waals surface area contributed by atoms with Gasteiger partial charge >= 0.3 is 0 Å². The fourth-order valence-electron chi connectivity index (χ4n) is 5.28. The monoisotopic (exact) mass is 459 g/mol. The van der Waals surface area contributed by atoms with Crippen LogP contribution in [0.4, 0.5) is 5.95 Å². The summed E-state index contributed by atoms with van der Waals surface area (Å²) in [6, 6.07) is 9.27. The molecule has 0 unspecified atom stereocenters. The number of morpholine rings is 1. The van der Waals surface area contributed by atoms with Crippen LogP contribution in [0, 0.1) is 0 Å². The Balaban J connectivity index is 1.18. The summed E-state index contributed by atoms with van der Waals surface area (Å²) >= 11 is 0. The topological polar surface area (TPSA) is 89.7 Å². The molecule has 0 radical (unpaired) electrons. The number of aromatic nitrogens is 5. The molecule has 1 aromatic carbocycles. The number of benzene rings is 1. The minimum absolute atomic E-state index is 0.415. The van der Waals surface area contributed by atoms with E-state index < -0.39 is 0 Å². The van der Waals surface area contributed by atoms with Gasteiger partial charge in [-0.05, 0) is 49.4 Å². The molecular formula is C25H29N7O2. The number of nitrogens with zero attached hydrogens (tertiary/aromatic N) is 6. The third-order valence-corrected chi connectivity index (χ3v) is 7.11. The molecule has 1 N–H and O–H groups in total. The van der Waals surface area contributed by atoms with Gasteiger partial charge in [-0.1, -0.05) is 6.07 Å². The molecule has 0 spiro atoms. The molecule has 1 aliphatic heterocycles. The first-order chi connectivity index (χ1) is 16.8. The Kier molecular flexibility index (Phi) is 5.72. The van der Waals surface area contributed by atoms with Gasteiger partial charge in [-0.3, -0.25) is 4.90 Å². The first kappa shape index (κ1) is 21.2. The van der Waals surface area contributed by atoms with Crippen LogP contribution in [0.3, 0.4) is 0 Å². The molecule has 34 heavy (non-hydrogen) atoms. The summed E-state index contributed by atoms with van der Waals surface area (Å²) in [5.74, 6) is 1.25. The van der Waals surface area contributed by atoms with Gasteiger partial charge in [-0.15, -0.1) is 5.10 Å². The number of hydrogen-bond donors (Lipinski definition) is 1. The fraction of sp³-hybridized carbons (Fsp3) is 0.440. The first-order valence-corrected chi connectivity index (χ1v) is 12.0. The second kappa shape index (κ2) is 9.15. The van der Waals surface area contributed by atoms with E-state index >= 15 is 0 Å². The van der Waals surface area contributed by atoms with Crippen LogP contribution in [0.5, 0.6) is 5.88 Å². The molecule has 3 aromatic heterocycles. The van der Waals surface area contributed by atoms with E-state index in [1.54, 1.807) is 7.11 Å². The normalized spacial score (nSPS) is 21.7. The van der Waals surface area contributed by atoms with Crippen molar-refractivity contribution in [3.8, 4) is 17.0 Å². The van der Waals surface area contributed by atoms with Crippen molar-refractivity contribution in [3.63, 3.8) is 0 Å². The second-order valence-electron chi connectivity index (χ2n) is 9.05. The lowest BCUT2D eigenvalue weighted by Gasteiger charge is -2.38. The molecule has 0 amide bonds. The average molecular weight is 460 g/mol. The van der Waals surface area contributed by atoms with Crippen molar-refractivity contribution < 1.29 is 9.47 Å². The smallest absolute Gasteiger partial charge is 0.241 e. The highest BCUT2D eigenvalue weighted by molar-refractivity contribution is 5.91. The Bertz CT molecular complexity index is 1290. The molecule has 0 bridgehead atoms. The van der Waals surface area contributed by atoms with Crippen LogP contribution in [0.1, 0.15) is 25.7 Å². The zero-order chi connectivity index (χ0) is 22.9. The largest absolute Gasteiger partial charge is 0.480 e. The van der Waals surface area contributed by atoms with Crippen LogP contribution in [0.15, 0.2) is 43.0 Å². The van der Waals surface area contributed by atoms with Crippen LogP contribution < -0.4 is 10.1 Å². The standard InChI is InChI=1S/C25H29N7O2/c1-33-24-21-14-17(2-7-22(21)27-16-28-24)20-8-9-32-23(20)15-26-25(30-32)29-18-3-5-19(6-4-18)31-10-12-34-13-11-31/h2,7-9,14-16,18-19H,3-6,10-13H2,1H3,(H,29,30)/t18-,19+. The van der Waals surface area contributed by atoms with Gasteiger partial charge in [0.15, 0.2) is 0 Å². The minimum Gasteiger partial charge on any atom is -0.480 e. The SMILES string of the molecule is COc1ncnc2ccc(-c3ccn4nc(N[C@H]5CC[C@@H](N6CCOCC6)CC5)ncc34)cc12. The minimum atomic E-state index is 0.415. The van der Waals surface area contributed by atoms with Gasteiger partial charge in [-0.2, -0.15) is 0 Å². The van der Waals surface area contributed by atoms with Crippen molar-refractivity contribution in [2.75, 3.05) is 38.7 Å². The van der Waals surface area contributed by atoms with Crippen LogP contribution in [0.2, 0.25) is 0 Å². The van der Waals surface area contributed by atoms with E-state index in [0.717, 1.165) is 66.7 Å². The van der Waals surface area contributed by atoms with Gasteiger partial charge in [-0.25, -0.2) is 19.5 Å². The van der Waals surface area contributed by atoms with E-state index in [1.165, 1.54) is 19.2 Å². The molecule has 9 nitrogen and oxygen atoms in total. The van der Waals surface area contributed by atoms with Crippen LogP contribution in [-0.2, 0) is 4.74 Å². The first-order valence-electron chi connectivity index (χ1n) is 12.0. The summed E-state index contributed by atoms with van der Waals surface area (Å²) in [4.78, 5) is 15.8. The Morgan fingerprint density at radius 1 is 1.03 bits per heavy atom. The number of anilines is 1. The molecule has 2 fully saturated rings. The molecule has 1 saturated heterocycles. The molecular weight excluding hydrogens is 430 g/mol. The molecule has 1 saturated carbocycles. The number of rotatable bonds is 5. The molecule has 0 atom stereocenters. The van der Waals surface area contributed by atoms with E-state index in [-0.39, 0.29) is 0 Å². The number of ether oxygens (including phenoxy) is 2. The van der Waals surface area contributed by atoms with Crippen LogP contribution in [-0.4, -0.2) is 75.0 Å². The maximum Gasteiger partial charge on any atom is 0.241 e. The zero-order valence-electron chi connectivity index (χ0n) is 19.4. The van der Waals surface area contributed by atoms with E-state index in [2.05, 4.69) is 43.4 Å². The number of fused-ring (bicyclic) bond motifs is 2. The molecule has 6 rings (SSSR count). The fourth-order valence-corrected chi connectivity index (χ4v) is 5.28. The van der Waals surface area contributed by atoms with Gasteiger partial charge in [0, 0.05) is 36.9 Å². The predicted octanol–water partition coefficient (Wildman–Crippen LogP) is 3.40. The van der Waals surface area contributed by atoms with Crippen molar-refractivity contribution >= 4 is 22.4 Å². The number of methoxy groups -OCH3 is 1. The molecule has 176 valence electrons. The Labute approximate surface area is 198 Å². The summed E-state index contributed by atoms with van der Waals surface area (Å²) in [6.07, 6.45) is 10.1. The Hall–Kier alpha value is -3.30. The summed E-state index contributed by atoms with van der Waals surface area (Å²) in [6.45, 7) is 3.86. The van der Waals surface area contributed by atoms with E-state index in [0.29, 0.717) is 23.9 Å². The van der Waals surface area contributed by atoms with Crippen molar-refractivity contribution in [1.82, 2.24) is 29.5 Å². The predicted molar refractivity (Wildman–Crippen MR) is 130 cm³/mol. The van der Waals surface area contributed by atoms with Gasteiger partial charge in [0.2, 0.25) is 11.8 Å². The lowest BCUT2D eigenvalue weighted by Crippen LogP contribution is -2.46. The third kappa shape index (κ3) is 4.05. The lowest BCUT2D eigenvalue weighted by atomic mass is 9.90. The van der Waals surface area contributed by atoms with Crippen molar-refractivity contribution in [1.29, 1.82) is 0 Å². The van der Waals surface area contributed by atoms with Crippen molar-refractivity contribution in [2.45, 2.75) is 37.8 Å². The molecule has 1 aliphatic carbocycles. The van der Waals surface area contributed by atoms with E-state index in [4.69, 9.17) is 14.6 Å². The van der Waals surface area contributed by atoms with Gasteiger partial charge < -0.3 is 14.8 Å². The van der Waals surface area contributed by atoms with Crippen molar-refractivity contribution in [3.05, 3.63) is 43.0 Å². The number of hydrogen-bond acceptors (Lipinski definition) is 8. The maximum absolute atomic E-state index is 5.50. The quantitative estimate of drug-likeness (QED) is 0.486. The highest BCUT2D eigenvalue weighted by Crippen LogP contribution is 2.31. The molecule has 4 aromatic rings. The summed E-state index contributed by atoms with van der Waals surface area (Å²) in [5.41, 5.74) is 3.92. The Morgan fingerprint density at radius 2 is 1.88 bits per heavy atom. The summed E-state index contributed by atoms with van der Waals surface area (Å²) in [5, 5.41) is 9.19. The van der Waals surface area contributed by atoms with E-state index in [1.807, 2.05) is 23.0 Å². The van der Waals surface area contributed by atoms with Crippen LogP contribution in [0.25, 0.3) is 27.5 Å². The zero-order valence-corrected chi connectivity index (χ0v) is 19.4. The number of nitrogens with one attached hydrogen (secondary N) is 1. The van der Waals surface area contributed by atoms with Gasteiger partial charge in [0.05, 0.1) is 42.9 Å².